The Kier molecular flexibility index (Phi) is 3.61. The average molecular weight is 216 g/mol. The van der Waals surface area contributed by atoms with Gasteiger partial charge in [0.1, 0.15) is 12.1 Å². The van der Waals surface area contributed by atoms with Gasteiger partial charge in [-0.05, 0) is 32.3 Å². The molecule has 0 aliphatic carbocycles. The van der Waals surface area contributed by atoms with E-state index < -0.39 is 11.9 Å². The lowest BCUT2D eigenvalue weighted by atomic mass is 10.1. The predicted molar refractivity (Wildman–Crippen MR) is 53.9 cm³/mol. The molecule has 76 valence electrons. The van der Waals surface area contributed by atoms with Gasteiger partial charge >= 0.3 is 0 Å². The molecule has 0 amide bonds. The van der Waals surface area contributed by atoms with Crippen LogP contribution in [0.4, 0.5) is 4.39 Å². The quantitative estimate of drug-likeness (QED) is 0.721. The fourth-order valence-electron chi connectivity index (χ4n) is 1.21. The Bertz CT molecular complexity index is 341. The number of hydrogen-bond acceptors (Lipinski definition) is 2. The van der Waals surface area contributed by atoms with Crippen molar-refractivity contribution >= 4 is 17.9 Å². The van der Waals surface area contributed by atoms with E-state index in [9.17, 15) is 9.18 Å². The van der Waals surface area contributed by atoms with Crippen molar-refractivity contribution in [3.05, 3.63) is 34.6 Å². The highest BCUT2D eigenvalue weighted by atomic mass is 35.5. The first-order valence-electron chi connectivity index (χ1n) is 4.13. The van der Waals surface area contributed by atoms with Crippen molar-refractivity contribution in [3.8, 4) is 0 Å². The standard InChI is InChI=1S/C10H11ClFNO/c1-13(2)10(6-14)8-5-7(11)3-4-9(8)12/h3-6,10H,1-2H3. The number of hydrogen-bond donors (Lipinski definition) is 0. The molecule has 0 radical (unpaired) electrons. The second kappa shape index (κ2) is 4.53. The fourth-order valence-corrected chi connectivity index (χ4v) is 1.39. The number of nitrogens with zero attached hydrogens (tertiary/aromatic N) is 1. The van der Waals surface area contributed by atoms with E-state index in [0.29, 0.717) is 16.9 Å². The predicted octanol–water partition coefficient (Wildman–Crippen LogP) is 2.28. The molecule has 1 unspecified atom stereocenters. The minimum absolute atomic E-state index is 0.303. The van der Waals surface area contributed by atoms with Crippen molar-refractivity contribution in [1.82, 2.24) is 4.90 Å². The minimum Gasteiger partial charge on any atom is -0.301 e. The Morgan fingerprint density at radius 3 is 2.64 bits per heavy atom. The molecule has 4 heteroatoms. The molecule has 1 rings (SSSR count). The van der Waals surface area contributed by atoms with Crippen LogP contribution in [0.3, 0.4) is 0 Å². The van der Waals surface area contributed by atoms with E-state index in [1.807, 2.05) is 0 Å². The third-order valence-corrected chi connectivity index (χ3v) is 2.20. The molecule has 0 N–H and O–H groups in total. The molecule has 0 spiro atoms. The van der Waals surface area contributed by atoms with E-state index in [1.165, 1.54) is 18.2 Å². The monoisotopic (exact) mass is 215 g/mol. The number of carbonyl (C=O) groups excluding carboxylic acids is 1. The van der Waals surface area contributed by atoms with Gasteiger partial charge in [0.25, 0.3) is 0 Å². The molecule has 1 aromatic rings. The minimum atomic E-state index is -0.589. The summed E-state index contributed by atoms with van der Waals surface area (Å²) in [4.78, 5) is 12.4. The lowest BCUT2D eigenvalue weighted by Gasteiger charge is -2.19. The van der Waals surface area contributed by atoms with Crippen LogP contribution in [-0.2, 0) is 4.79 Å². The lowest BCUT2D eigenvalue weighted by molar-refractivity contribution is -0.111. The molecule has 2 nitrogen and oxygen atoms in total. The number of rotatable bonds is 3. The Labute approximate surface area is 87.3 Å². The molecule has 0 fully saturated rings. The Balaban J connectivity index is 3.15. The van der Waals surface area contributed by atoms with Crippen molar-refractivity contribution in [2.24, 2.45) is 0 Å². The molecule has 0 aliphatic rings. The number of benzene rings is 1. The SMILES string of the molecule is CN(C)C(C=O)c1cc(Cl)ccc1F. The molecule has 1 atom stereocenters. The number of carbonyl (C=O) groups is 1. The smallest absolute Gasteiger partial charge is 0.141 e. The van der Waals surface area contributed by atoms with E-state index in [1.54, 1.807) is 19.0 Å². The van der Waals surface area contributed by atoms with E-state index >= 15 is 0 Å². The van der Waals surface area contributed by atoms with Gasteiger partial charge < -0.3 is 4.79 Å². The molecule has 0 saturated heterocycles. The average Bonchev–Trinajstić information content (AvgIpc) is 2.11. The van der Waals surface area contributed by atoms with Crippen molar-refractivity contribution in [3.63, 3.8) is 0 Å². The number of aldehydes is 1. The van der Waals surface area contributed by atoms with E-state index in [-0.39, 0.29) is 0 Å². The molecule has 14 heavy (non-hydrogen) atoms. The Hall–Kier alpha value is -0.930. The van der Waals surface area contributed by atoms with E-state index in [2.05, 4.69) is 0 Å². The summed E-state index contributed by atoms with van der Waals surface area (Å²) in [6, 6.07) is 3.60. The number of likely N-dealkylation sites (N-methyl/N-ethyl adjacent to an activating group) is 1. The third-order valence-electron chi connectivity index (χ3n) is 1.96. The fraction of sp³-hybridized carbons (Fsp3) is 0.300. The third kappa shape index (κ3) is 2.30. The van der Waals surface area contributed by atoms with Crippen LogP contribution < -0.4 is 0 Å². The van der Waals surface area contributed by atoms with Crippen LogP contribution in [0.2, 0.25) is 5.02 Å². The summed E-state index contributed by atoms with van der Waals surface area (Å²) in [5.41, 5.74) is 0.303. The topological polar surface area (TPSA) is 20.3 Å². The van der Waals surface area contributed by atoms with Crippen LogP contribution in [0.25, 0.3) is 0 Å². The zero-order valence-electron chi connectivity index (χ0n) is 8.00. The van der Waals surface area contributed by atoms with Gasteiger partial charge in [0, 0.05) is 10.6 Å². The first kappa shape index (κ1) is 11.1. The van der Waals surface area contributed by atoms with Crippen LogP contribution in [0.5, 0.6) is 0 Å². The maximum absolute atomic E-state index is 13.3. The van der Waals surface area contributed by atoms with Gasteiger partial charge in [-0.25, -0.2) is 4.39 Å². The molecule has 0 saturated carbocycles. The van der Waals surface area contributed by atoms with Crippen LogP contribution in [0.1, 0.15) is 11.6 Å². The van der Waals surface area contributed by atoms with Crippen molar-refractivity contribution in [2.75, 3.05) is 14.1 Å². The summed E-state index contributed by atoms with van der Waals surface area (Å²) in [6.45, 7) is 0. The van der Waals surface area contributed by atoms with Crippen molar-refractivity contribution in [1.29, 1.82) is 0 Å². The maximum Gasteiger partial charge on any atom is 0.141 e. The van der Waals surface area contributed by atoms with Crippen LogP contribution in [-0.4, -0.2) is 25.3 Å². The van der Waals surface area contributed by atoms with Gasteiger partial charge in [-0.3, -0.25) is 4.90 Å². The van der Waals surface area contributed by atoms with E-state index in [0.717, 1.165) is 0 Å². The van der Waals surface area contributed by atoms with Gasteiger partial charge in [-0.15, -0.1) is 0 Å². The van der Waals surface area contributed by atoms with Gasteiger partial charge in [-0.2, -0.15) is 0 Å². The molecule has 0 bridgehead atoms. The highest BCUT2D eigenvalue weighted by Gasteiger charge is 2.17. The molecule has 0 heterocycles. The number of halogens is 2. The van der Waals surface area contributed by atoms with Crippen LogP contribution >= 0.6 is 11.6 Å². The molecular weight excluding hydrogens is 205 g/mol. The van der Waals surface area contributed by atoms with Crippen molar-refractivity contribution in [2.45, 2.75) is 6.04 Å². The first-order chi connectivity index (χ1) is 6.56. The second-order valence-corrected chi connectivity index (χ2v) is 3.65. The van der Waals surface area contributed by atoms with Crippen molar-refractivity contribution < 1.29 is 9.18 Å². The maximum atomic E-state index is 13.3. The highest BCUT2D eigenvalue weighted by molar-refractivity contribution is 6.30. The van der Waals surface area contributed by atoms with Gasteiger partial charge in [-0.1, -0.05) is 11.6 Å². The molecule has 1 aromatic carbocycles. The molecular formula is C10H11ClFNO. The summed E-state index contributed by atoms with van der Waals surface area (Å²) in [6.07, 6.45) is 0.689. The first-order valence-corrected chi connectivity index (χ1v) is 4.50. The zero-order chi connectivity index (χ0) is 10.7. The Morgan fingerprint density at radius 2 is 2.14 bits per heavy atom. The summed E-state index contributed by atoms with van der Waals surface area (Å²) >= 11 is 5.72. The van der Waals surface area contributed by atoms with Gasteiger partial charge in [0.15, 0.2) is 0 Å². The van der Waals surface area contributed by atoms with Gasteiger partial charge in [0.05, 0.1) is 6.04 Å². The molecule has 0 aromatic heterocycles. The van der Waals surface area contributed by atoms with Gasteiger partial charge in [0.2, 0.25) is 0 Å². The lowest BCUT2D eigenvalue weighted by Crippen LogP contribution is -2.22. The van der Waals surface area contributed by atoms with Crippen LogP contribution in [0, 0.1) is 5.82 Å². The summed E-state index contributed by atoms with van der Waals surface area (Å²) in [7, 11) is 3.42. The summed E-state index contributed by atoms with van der Waals surface area (Å²) in [5.74, 6) is -0.416. The van der Waals surface area contributed by atoms with E-state index in [4.69, 9.17) is 11.6 Å². The summed E-state index contributed by atoms with van der Waals surface area (Å²) < 4.78 is 13.3. The highest BCUT2D eigenvalue weighted by Crippen LogP contribution is 2.22. The molecule has 0 aliphatic heterocycles. The second-order valence-electron chi connectivity index (χ2n) is 3.21. The van der Waals surface area contributed by atoms with Crippen LogP contribution in [0.15, 0.2) is 18.2 Å². The zero-order valence-corrected chi connectivity index (χ0v) is 8.75. The Morgan fingerprint density at radius 1 is 1.50 bits per heavy atom. The summed E-state index contributed by atoms with van der Waals surface area (Å²) in [5, 5.41) is 0.426. The largest absolute Gasteiger partial charge is 0.301 e. The normalized spacial score (nSPS) is 12.9.